The number of nitrogens with two attached hydrogens (primary N) is 1. The van der Waals surface area contributed by atoms with Crippen LogP contribution in [0.3, 0.4) is 0 Å². The molecule has 1 aliphatic carbocycles. The zero-order chi connectivity index (χ0) is 14.5. The molecule has 0 aromatic carbocycles. The molecule has 0 radical (unpaired) electrons. The molecule has 1 aliphatic rings. The summed E-state index contributed by atoms with van der Waals surface area (Å²) < 4.78 is 10.8. The Morgan fingerprint density at radius 2 is 2.20 bits per heavy atom. The van der Waals surface area contributed by atoms with Crippen LogP contribution in [0.2, 0.25) is 0 Å². The average Bonchev–Trinajstić information content (AvgIpc) is 2.47. The number of nitro groups is 1. The molecule has 0 amide bonds. The predicted octanol–water partition coefficient (Wildman–Crippen LogP) is 1.89. The molecular formula is C13H19N3O4. The first kappa shape index (κ1) is 14.5. The Labute approximate surface area is 117 Å². The normalized spacial score (nSPS) is 22.3. The lowest BCUT2D eigenvalue weighted by atomic mass is 9.86. The number of nitrogens with zero attached hydrogens (tertiary/aromatic N) is 2. The van der Waals surface area contributed by atoms with E-state index in [2.05, 4.69) is 4.98 Å². The summed E-state index contributed by atoms with van der Waals surface area (Å²) in [5.41, 5.74) is 5.60. The van der Waals surface area contributed by atoms with Crippen LogP contribution in [0.25, 0.3) is 0 Å². The van der Waals surface area contributed by atoms with Gasteiger partial charge in [0.25, 0.3) is 5.88 Å². The van der Waals surface area contributed by atoms with Crippen LogP contribution in [0.5, 0.6) is 11.8 Å². The van der Waals surface area contributed by atoms with Crippen molar-refractivity contribution in [1.82, 2.24) is 4.98 Å². The average molecular weight is 281 g/mol. The molecule has 2 atom stereocenters. The van der Waals surface area contributed by atoms with Gasteiger partial charge in [-0.15, -0.1) is 0 Å². The van der Waals surface area contributed by atoms with E-state index in [9.17, 15) is 10.1 Å². The van der Waals surface area contributed by atoms with E-state index >= 15 is 0 Å². The fourth-order valence-corrected chi connectivity index (χ4v) is 2.50. The maximum atomic E-state index is 11.0. The minimum atomic E-state index is -0.498. The maximum absolute atomic E-state index is 11.0. The standard InChI is InChI=1S/C13H19N3O4/c1-19-12-7-6-10(16(17)18)13(15-12)20-11-5-3-2-4-9(11)8-14/h6-7,9,11H,2-5,8,14H2,1H3. The van der Waals surface area contributed by atoms with Gasteiger partial charge in [0, 0.05) is 18.1 Å². The molecule has 0 spiro atoms. The maximum Gasteiger partial charge on any atom is 0.331 e. The first-order chi connectivity index (χ1) is 9.65. The van der Waals surface area contributed by atoms with Crippen LogP contribution in [0, 0.1) is 16.0 Å². The lowest BCUT2D eigenvalue weighted by molar-refractivity contribution is -0.386. The summed E-state index contributed by atoms with van der Waals surface area (Å²) >= 11 is 0. The molecule has 0 aliphatic heterocycles. The Morgan fingerprint density at radius 1 is 1.45 bits per heavy atom. The van der Waals surface area contributed by atoms with Gasteiger partial charge in [0.05, 0.1) is 12.0 Å². The largest absolute Gasteiger partial charge is 0.481 e. The summed E-state index contributed by atoms with van der Waals surface area (Å²) in [6.07, 6.45) is 3.87. The molecule has 20 heavy (non-hydrogen) atoms. The summed E-state index contributed by atoms with van der Waals surface area (Å²) in [4.78, 5) is 14.6. The number of ether oxygens (including phenoxy) is 2. The second kappa shape index (κ2) is 6.51. The van der Waals surface area contributed by atoms with Crippen molar-refractivity contribution in [3.05, 3.63) is 22.2 Å². The third-order valence-electron chi connectivity index (χ3n) is 3.63. The van der Waals surface area contributed by atoms with Crippen LogP contribution in [0.4, 0.5) is 5.69 Å². The summed E-state index contributed by atoms with van der Waals surface area (Å²) in [5, 5.41) is 11.0. The minimum Gasteiger partial charge on any atom is -0.481 e. The highest BCUT2D eigenvalue weighted by atomic mass is 16.6. The number of hydrogen-bond acceptors (Lipinski definition) is 6. The van der Waals surface area contributed by atoms with Gasteiger partial charge in [0.15, 0.2) is 0 Å². The highest BCUT2D eigenvalue weighted by Crippen LogP contribution is 2.32. The van der Waals surface area contributed by atoms with Crippen LogP contribution in [0.1, 0.15) is 25.7 Å². The van der Waals surface area contributed by atoms with Gasteiger partial charge >= 0.3 is 5.69 Å². The zero-order valence-electron chi connectivity index (χ0n) is 11.4. The van der Waals surface area contributed by atoms with Crippen molar-refractivity contribution >= 4 is 5.69 Å². The van der Waals surface area contributed by atoms with Crippen molar-refractivity contribution in [3.63, 3.8) is 0 Å². The number of aromatic nitrogens is 1. The SMILES string of the molecule is COc1ccc([N+](=O)[O-])c(OC2CCCCC2CN)n1. The van der Waals surface area contributed by atoms with Gasteiger partial charge in [-0.2, -0.15) is 4.98 Å². The van der Waals surface area contributed by atoms with Gasteiger partial charge in [0.2, 0.25) is 5.88 Å². The van der Waals surface area contributed by atoms with Gasteiger partial charge in [-0.25, -0.2) is 0 Å². The smallest absolute Gasteiger partial charge is 0.331 e. The number of rotatable bonds is 5. The quantitative estimate of drug-likeness (QED) is 0.653. The lowest BCUT2D eigenvalue weighted by Gasteiger charge is -2.30. The number of pyridine rings is 1. The first-order valence-corrected chi connectivity index (χ1v) is 6.72. The van der Waals surface area contributed by atoms with Gasteiger partial charge in [-0.3, -0.25) is 10.1 Å². The molecule has 2 rings (SSSR count). The van der Waals surface area contributed by atoms with E-state index in [1.807, 2.05) is 0 Å². The second-order valence-electron chi connectivity index (χ2n) is 4.87. The van der Waals surface area contributed by atoms with E-state index in [4.69, 9.17) is 15.2 Å². The number of methoxy groups -OCH3 is 1. The molecule has 0 saturated heterocycles. The highest BCUT2D eigenvalue weighted by molar-refractivity contribution is 5.43. The molecular weight excluding hydrogens is 262 g/mol. The van der Waals surface area contributed by atoms with Gasteiger partial charge in [-0.1, -0.05) is 6.42 Å². The molecule has 7 heteroatoms. The third-order valence-corrected chi connectivity index (χ3v) is 3.63. The molecule has 1 saturated carbocycles. The third kappa shape index (κ3) is 3.16. The predicted molar refractivity (Wildman–Crippen MR) is 72.9 cm³/mol. The first-order valence-electron chi connectivity index (χ1n) is 6.72. The van der Waals surface area contributed by atoms with Gasteiger partial charge in [0.1, 0.15) is 6.10 Å². The van der Waals surface area contributed by atoms with Crippen LogP contribution in [-0.2, 0) is 0 Å². The zero-order valence-corrected chi connectivity index (χ0v) is 11.4. The van der Waals surface area contributed by atoms with E-state index < -0.39 is 4.92 Å². The van der Waals surface area contributed by atoms with Crippen molar-refractivity contribution in [1.29, 1.82) is 0 Å². The van der Waals surface area contributed by atoms with Crippen molar-refractivity contribution in [2.45, 2.75) is 31.8 Å². The Hall–Kier alpha value is -1.89. The number of hydrogen-bond donors (Lipinski definition) is 1. The Kier molecular flexibility index (Phi) is 4.73. The molecule has 0 bridgehead atoms. The van der Waals surface area contributed by atoms with Crippen LogP contribution >= 0.6 is 0 Å². The fourth-order valence-electron chi connectivity index (χ4n) is 2.50. The molecule has 2 N–H and O–H groups in total. The molecule has 2 unspecified atom stereocenters. The minimum absolute atomic E-state index is 0.0136. The highest BCUT2D eigenvalue weighted by Gasteiger charge is 2.29. The van der Waals surface area contributed by atoms with Crippen LogP contribution < -0.4 is 15.2 Å². The Morgan fingerprint density at radius 3 is 2.85 bits per heavy atom. The van der Waals surface area contributed by atoms with E-state index in [0.29, 0.717) is 12.4 Å². The van der Waals surface area contributed by atoms with E-state index in [-0.39, 0.29) is 23.6 Å². The van der Waals surface area contributed by atoms with Crippen LogP contribution in [0.15, 0.2) is 12.1 Å². The Bertz CT molecular complexity index is 481. The molecule has 1 aromatic heterocycles. The van der Waals surface area contributed by atoms with Crippen molar-refractivity contribution in [3.8, 4) is 11.8 Å². The van der Waals surface area contributed by atoms with E-state index in [1.54, 1.807) is 0 Å². The van der Waals surface area contributed by atoms with E-state index in [0.717, 1.165) is 25.7 Å². The summed E-state index contributed by atoms with van der Waals surface area (Å²) in [7, 11) is 1.46. The van der Waals surface area contributed by atoms with Gasteiger partial charge in [-0.05, 0) is 25.8 Å². The Balaban J connectivity index is 2.23. The molecule has 1 fully saturated rings. The van der Waals surface area contributed by atoms with Crippen molar-refractivity contribution in [2.75, 3.05) is 13.7 Å². The monoisotopic (exact) mass is 281 g/mol. The van der Waals surface area contributed by atoms with Crippen molar-refractivity contribution < 1.29 is 14.4 Å². The molecule has 1 heterocycles. The summed E-state index contributed by atoms with van der Waals surface area (Å²) in [6, 6.07) is 2.80. The second-order valence-corrected chi connectivity index (χ2v) is 4.87. The van der Waals surface area contributed by atoms with Crippen LogP contribution in [-0.4, -0.2) is 29.7 Å². The topological polar surface area (TPSA) is 101 Å². The summed E-state index contributed by atoms with van der Waals surface area (Å²) in [5.74, 6) is 0.529. The van der Waals surface area contributed by atoms with Gasteiger partial charge < -0.3 is 15.2 Å². The molecule has 7 nitrogen and oxygen atoms in total. The van der Waals surface area contributed by atoms with E-state index in [1.165, 1.54) is 19.2 Å². The molecule has 110 valence electrons. The van der Waals surface area contributed by atoms with Crippen molar-refractivity contribution in [2.24, 2.45) is 11.7 Å². The fraction of sp³-hybridized carbons (Fsp3) is 0.615. The molecule has 1 aromatic rings. The summed E-state index contributed by atoms with van der Waals surface area (Å²) in [6.45, 7) is 0.516. The lowest BCUT2D eigenvalue weighted by Crippen LogP contribution is -2.35.